The first-order valence-electron chi connectivity index (χ1n) is 12.6. The summed E-state index contributed by atoms with van der Waals surface area (Å²) in [5.74, 6) is -0.728. The Kier molecular flexibility index (Phi) is 10.1. The number of carbonyl (C=O) groups is 2. The van der Waals surface area contributed by atoms with E-state index in [0.29, 0.717) is 48.2 Å². The van der Waals surface area contributed by atoms with Crippen molar-refractivity contribution in [2.45, 2.75) is 12.6 Å². The molecule has 0 unspecified atom stereocenters. The molecule has 0 aliphatic carbocycles. The first-order valence-corrected chi connectivity index (χ1v) is 12.9. The first kappa shape index (κ1) is 27.6. The van der Waals surface area contributed by atoms with Gasteiger partial charge in [0.25, 0.3) is 5.91 Å². The first-order chi connectivity index (χ1) is 18.5. The second-order valence-electron chi connectivity index (χ2n) is 8.93. The third-order valence-electron chi connectivity index (χ3n) is 6.28. The minimum absolute atomic E-state index is 0.0848. The van der Waals surface area contributed by atoms with Crippen molar-refractivity contribution in [1.29, 1.82) is 0 Å². The van der Waals surface area contributed by atoms with Crippen LogP contribution in [-0.4, -0.2) is 67.6 Å². The lowest BCUT2D eigenvalue weighted by atomic mass is 10.0. The lowest BCUT2D eigenvalue weighted by molar-refractivity contribution is -0.143. The van der Waals surface area contributed by atoms with Crippen LogP contribution < -0.4 is 10.1 Å². The molecule has 2 amide bonds. The summed E-state index contributed by atoms with van der Waals surface area (Å²) in [7, 11) is 0. The number of benzene rings is 3. The fraction of sp³-hybridized carbons (Fsp3) is 0.310. The Bertz CT molecular complexity index is 1190. The molecule has 3 aromatic carbocycles. The summed E-state index contributed by atoms with van der Waals surface area (Å²) in [5, 5.41) is 3.38. The van der Waals surface area contributed by atoms with E-state index in [1.165, 1.54) is 17.0 Å². The second kappa shape index (κ2) is 13.9. The van der Waals surface area contributed by atoms with Crippen LogP contribution in [0.15, 0.2) is 78.9 Å². The molecule has 1 heterocycles. The molecule has 200 valence electrons. The fourth-order valence-corrected chi connectivity index (χ4v) is 4.45. The normalized spacial score (nSPS) is 14.5. The Morgan fingerprint density at radius 3 is 2.39 bits per heavy atom. The highest BCUT2D eigenvalue weighted by Gasteiger charge is 2.32. The van der Waals surface area contributed by atoms with Gasteiger partial charge in [0.15, 0.2) is 6.61 Å². The average molecular weight is 540 g/mol. The summed E-state index contributed by atoms with van der Waals surface area (Å²) >= 11 is 6.20. The molecule has 0 spiro atoms. The summed E-state index contributed by atoms with van der Waals surface area (Å²) in [6.45, 7) is 3.84. The van der Waals surface area contributed by atoms with E-state index in [4.69, 9.17) is 21.1 Å². The minimum Gasteiger partial charge on any atom is -0.482 e. The lowest BCUT2D eigenvalue weighted by Gasteiger charge is -2.32. The second-order valence-corrected chi connectivity index (χ2v) is 9.33. The van der Waals surface area contributed by atoms with Crippen molar-refractivity contribution in [3.63, 3.8) is 0 Å². The van der Waals surface area contributed by atoms with E-state index in [0.717, 1.165) is 13.1 Å². The SMILES string of the molecule is O=C(NCCN1CCOCC1)[C@H](c1ccccc1)N(Cc1ccc(F)cc1)C(=O)COc1ccccc1Cl. The predicted octanol–water partition coefficient (Wildman–Crippen LogP) is 4.08. The Labute approximate surface area is 227 Å². The molecule has 0 radical (unpaired) electrons. The van der Waals surface area contributed by atoms with Gasteiger partial charge >= 0.3 is 0 Å². The molecule has 1 aliphatic rings. The Morgan fingerprint density at radius 2 is 1.68 bits per heavy atom. The highest BCUT2D eigenvalue weighted by molar-refractivity contribution is 6.32. The monoisotopic (exact) mass is 539 g/mol. The number of nitrogens with one attached hydrogen (secondary N) is 1. The zero-order chi connectivity index (χ0) is 26.7. The molecule has 0 saturated carbocycles. The van der Waals surface area contributed by atoms with E-state index in [1.807, 2.05) is 30.3 Å². The number of halogens is 2. The van der Waals surface area contributed by atoms with Crippen molar-refractivity contribution < 1.29 is 23.5 Å². The Hall–Kier alpha value is -3.46. The molecule has 1 fully saturated rings. The van der Waals surface area contributed by atoms with E-state index in [1.54, 1.807) is 36.4 Å². The average Bonchev–Trinajstić information content (AvgIpc) is 2.94. The smallest absolute Gasteiger partial charge is 0.261 e. The van der Waals surface area contributed by atoms with Gasteiger partial charge in [0.05, 0.1) is 18.2 Å². The Balaban J connectivity index is 1.56. The summed E-state index contributed by atoms with van der Waals surface area (Å²) < 4.78 is 24.7. The van der Waals surface area contributed by atoms with Crippen LogP contribution in [0, 0.1) is 5.82 Å². The van der Waals surface area contributed by atoms with E-state index < -0.39 is 11.9 Å². The number of rotatable bonds is 11. The van der Waals surface area contributed by atoms with Gasteiger partial charge in [0, 0.05) is 32.7 Å². The maximum Gasteiger partial charge on any atom is 0.261 e. The minimum atomic E-state index is -0.923. The van der Waals surface area contributed by atoms with Gasteiger partial charge in [-0.3, -0.25) is 14.5 Å². The fourth-order valence-electron chi connectivity index (χ4n) is 4.26. The number of hydrogen-bond acceptors (Lipinski definition) is 5. The standard InChI is InChI=1S/C29H31ClFN3O4/c30-25-8-4-5-9-26(25)38-21-27(35)34(20-22-10-12-24(31)13-11-22)28(23-6-2-1-3-7-23)29(36)32-14-15-33-16-18-37-19-17-33/h1-13,28H,14-21H2,(H,32,36)/t28-/m0/s1. The number of ether oxygens (including phenoxy) is 2. The maximum absolute atomic E-state index is 13.6. The van der Waals surface area contributed by atoms with Crippen molar-refractivity contribution in [2.75, 3.05) is 46.0 Å². The number of nitrogens with zero attached hydrogens (tertiary/aromatic N) is 2. The van der Waals surface area contributed by atoms with E-state index in [9.17, 15) is 14.0 Å². The topological polar surface area (TPSA) is 71.1 Å². The molecular weight excluding hydrogens is 509 g/mol. The van der Waals surface area contributed by atoms with Crippen molar-refractivity contribution in [3.8, 4) is 5.75 Å². The van der Waals surface area contributed by atoms with Gasteiger partial charge in [0.2, 0.25) is 5.91 Å². The van der Waals surface area contributed by atoms with E-state index in [-0.39, 0.29) is 24.9 Å². The third kappa shape index (κ3) is 7.77. The molecule has 1 N–H and O–H groups in total. The number of amides is 2. The molecule has 7 nitrogen and oxygen atoms in total. The van der Waals surface area contributed by atoms with Crippen molar-refractivity contribution >= 4 is 23.4 Å². The van der Waals surface area contributed by atoms with Crippen LogP contribution in [-0.2, 0) is 20.9 Å². The van der Waals surface area contributed by atoms with Crippen LogP contribution in [0.1, 0.15) is 17.2 Å². The lowest BCUT2D eigenvalue weighted by Crippen LogP contribution is -2.47. The summed E-state index contributed by atoms with van der Waals surface area (Å²) in [6.07, 6.45) is 0. The molecular formula is C29H31ClFN3O4. The van der Waals surface area contributed by atoms with Crippen molar-refractivity contribution in [3.05, 3.63) is 101 Å². The number of hydrogen-bond donors (Lipinski definition) is 1. The molecule has 1 saturated heterocycles. The summed E-state index contributed by atoms with van der Waals surface area (Å²) in [5.41, 5.74) is 1.34. The van der Waals surface area contributed by atoms with Gasteiger partial charge < -0.3 is 19.7 Å². The van der Waals surface area contributed by atoms with Crippen LogP contribution >= 0.6 is 11.6 Å². The molecule has 0 aromatic heterocycles. The van der Waals surface area contributed by atoms with Crippen LogP contribution in [0.4, 0.5) is 4.39 Å². The van der Waals surface area contributed by atoms with Crippen LogP contribution in [0.5, 0.6) is 5.75 Å². The van der Waals surface area contributed by atoms with Gasteiger partial charge in [-0.05, 0) is 35.4 Å². The van der Waals surface area contributed by atoms with Gasteiger partial charge in [-0.2, -0.15) is 0 Å². The molecule has 38 heavy (non-hydrogen) atoms. The van der Waals surface area contributed by atoms with E-state index in [2.05, 4.69) is 10.2 Å². The van der Waals surface area contributed by atoms with Gasteiger partial charge in [-0.15, -0.1) is 0 Å². The van der Waals surface area contributed by atoms with E-state index >= 15 is 0 Å². The molecule has 1 aliphatic heterocycles. The predicted molar refractivity (Wildman–Crippen MR) is 143 cm³/mol. The van der Waals surface area contributed by atoms with Gasteiger partial charge in [-0.25, -0.2) is 4.39 Å². The van der Waals surface area contributed by atoms with Crippen LogP contribution in [0.2, 0.25) is 5.02 Å². The zero-order valence-corrected chi connectivity index (χ0v) is 21.8. The van der Waals surface area contributed by atoms with Crippen LogP contribution in [0.3, 0.4) is 0 Å². The number of para-hydroxylation sites is 1. The summed E-state index contributed by atoms with van der Waals surface area (Å²) in [6, 6.07) is 20.9. The van der Waals surface area contributed by atoms with Gasteiger partial charge in [-0.1, -0.05) is 66.2 Å². The van der Waals surface area contributed by atoms with Crippen LogP contribution in [0.25, 0.3) is 0 Å². The quantitative estimate of drug-likeness (QED) is 0.398. The number of morpholine rings is 1. The maximum atomic E-state index is 13.6. The molecule has 3 aromatic rings. The molecule has 4 rings (SSSR count). The van der Waals surface area contributed by atoms with Gasteiger partial charge in [0.1, 0.15) is 17.6 Å². The number of carbonyl (C=O) groups excluding carboxylic acids is 2. The molecule has 1 atom stereocenters. The third-order valence-corrected chi connectivity index (χ3v) is 6.59. The highest BCUT2D eigenvalue weighted by Crippen LogP contribution is 2.26. The molecule has 9 heteroatoms. The Morgan fingerprint density at radius 1 is 1.00 bits per heavy atom. The van der Waals surface area contributed by atoms with Crippen molar-refractivity contribution in [1.82, 2.24) is 15.1 Å². The largest absolute Gasteiger partial charge is 0.482 e. The molecule has 0 bridgehead atoms. The zero-order valence-electron chi connectivity index (χ0n) is 21.0. The highest BCUT2D eigenvalue weighted by atomic mass is 35.5. The van der Waals surface area contributed by atoms with Crippen molar-refractivity contribution in [2.24, 2.45) is 0 Å². The summed E-state index contributed by atoms with van der Waals surface area (Å²) in [4.78, 5) is 30.9.